The van der Waals surface area contributed by atoms with E-state index in [2.05, 4.69) is 13.2 Å². The van der Waals surface area contributed by atoms with Gasteiger partial charge in [0.25, 0.3) is 0 Å². The molecule has 19 heavy (non-hydrogen) atoms. The van der Waals surface area contributed by atoms with Crippen LogP contribution in [0.15, 0.2) is 55.3 Å². The van der Waals surface area contributed by atoms with E-state index >= 15 is 0 Å². The lowest BCUT2D eigenvalue weighted by Gasteiger charge is -2.04. The van der Waals surface area contributed by atoms with Crippen molar-refractivity contribution >= 4 is 11.8 Å². The van der Waals surface area contributed by atoms with Gasteiger partial charge in [-0.05, 0) is 42.7 Å². The van der Waals surface area contributed by atoms with Gasteiger partial charge in [0, 0.05) is 5.56 Å². The molecule has 0 aromatic heterocycles. The first-order valence-corrected chi connectivity index (χ1v) is 5.93. The minimum Gasteiger partial charge on any atom is -0.509 e. The third-order valence-corrected chi connectivity index (χ3v) is 2.45. The van der Waals surface area contributed by atoms with Crippen LogP contribution in [0.5, 0.6) is 5.75 Å². The molecule has 1 aromatic rings. The Morgan fingerprint density at radius 3 is 2.42 bits per heavy atom. The van der Waals surface area contributed by atoms with Gasteiger partial charge in [0.15, 0.2) is 0 Å². The first-order valence-electron chi connectivity index (χ1n) is 5.93. The van der Waals surface area contributed by atoms with E-state index in [-0.39, 0.29) is 17.3 Å². The molecular weight excluding hydrogens is 240 g/mol. The van der Waals surface area contributed by atoms with Crippen LogP contribution in [0.1, 0.15) is 24.0 Å². The summed E-state index contributed by atoms with van der Waals surface area (Å²) in [5.74, 6) is 0.146. The Bertz CT molecular complexity index is 525. The Balaban J connectivity index is 2.68. The molecule has 3 heteroatoms. The number of benzene rings is 1. The van der Waals surface area contributed by atoms with Crippen LogP contribution in [0, 0.1) is 0 Å². The number of aliphatic hydroxyl groups is 2. The van der Waals surface area contributed by atoms with Crippen molar-refractivity contribution in [3.8, 4) is 5.75 Å². The van der Waals surface area contributed by atoms with E-state index in [1.807, 2.05) is 18.2 Å². The molecule has 0 spiro atoms. The number of aliphatic hydroxyl groups excluding tert-OH is 2. The molecule has 0 aliphatic carbocycles. The normalized spacial score (nSPS) is 11.2. The molecule has 0 bridgehead atoms. The summed E-state index contributed by atoms with van der Waals surface area (Å²) in [5.41, 5.74) is 1.30. The third kappa shape index (κ3) is 5.17. The fourth-order valence-electron chi connectivity index (χ4n) is 1.57. The van der Waals surface area contributed by atoms with Gasteiger partial charge in [0.2, 0.25) is 0 Å². The van der Waals surface area contributed by atoms with Crippen LogP contribution in [0.3, 0.4) is 0 Å². The van der Waals surface area contributed by atoms with E-state index in [4.69, 9.17) is 5.11 Å². The number of hydrogen-bond acceptors (Lipinski definition) is 3. The Hall–Kier alpha value is -2.42. The number of allylic oxidation sites excluding steroid dienone is 3. The van der Waals surface area contributed by atoms with Crippen molar-refractivity contribution in [1.29, 1.82) is 0 Å². The average molecular weight is 258 g/mol. The van der Waals surface area contributed by atoms with E-state index in [9.17, 15) is 10.2 Å². The third-order valence-electron chi connectivity index (χ3n) is 2.45. The Morgan fingerprint density at radius 1 is 1.11 bits per heavy atom. The molecule has 0 amide bonds. The number of rotatable bonds is 6. The minimum atomic E-state index is -0.0314. The molecule has 3 nitrogen and oxygen atoms in total. The van der Waals surface area contributed by atoms with E-state index in [1.54, 1.807) is 18.2 Å². The first kappa shape index (κ1) is 14.6. The van der Waals surface area contributed by atoms with Crippen molar-refractivity contribution in [1.82, 2.24) is 0 Å². The van der Waals surface area contributed by atoms with Crippen molar-refractivity contribution in [3.63, 3.8) is 0 Å². The lowest BCUT2D eigenvalue weighted by Crippen LogP contribution is -1.86. The monoisotopic (exact) mass is 258 g/mol. The Kier molecular flexibility index (Phi) is 5.48. The zero-order chi connectivity index (χ0) is 14.3. The van der Waals surface area contributed by atoms with Crippen LogP contribution < -0.4 is 0 Å². The number of phenolic OH excluding ortho intramolecular Hbond substituents is 1. The first-order chi connectivity index (χ1) is 9.00. The minimum absolute atomic E-state index is 0.0314. The molecule has 0 aliphatic rings. The predicted molar refractivity (Wildman–Crippen MR) is 78.9 cm³/mol. The maximum atomic E-state index is 9.44. The molecule has 100 valence electrons. The highest BCUT2D eigenvalue weighted by Gasteiger charge is 2.03. The second kappa shape index (κ2) is 7.11. The van der Waals surface area contributed by atoms with Crippen LogP contribution in [-0.4, -0.2) is 15.3 Å². The molecule has 0 radical (unpaired) electrons. The predicted octanol–water partition coefficient (Wildman–Crippen LogP) is 4.34. The van der Waals surface area contributed by atoms with Crippen LogP contribution in [0.2, 0.25) is 0 Å². The van der Waals surface area contributed by atoms with Gasteiger partial charge in [0.05, 0.1) is 0 Å². The van der Waals surface area contributed by atoms with E-state index < -0.39 is 0 Å². The summed E-state index contributed by atoms with van der Waals surface area (Å²) in [7, 11) is 0. The average Bonchev–Trinajstić information content (AvgIpc) is 2.33. The van der Waals surface area contributed by atoms with E-state index in [0.717, 1.165) is 12.8 Å². The molecular formula is C16H18O3. The standard InChI is InChI=1S/C16H18O3/c1-12(17)7-5-3-4-6-8-14-11-15(19)9-10-16(14)13(2)18/h5-11,17-19H,1-4H2/b7-5-,8-6-. The number of unbranched alkanes of at least 4 members (excludes halogenated alkanes) is 1. The highest BCUT2D eigenvalue weighted by atomic mass is 16.3. The summed E-state index contributed by atoms with van der Waals surface area (Å²) in [4.78, 5) is 0. The highest BCUT2D eigenvalue weighted by molar-refractivity contribution is 5.69. The molecule has 0 aliphatic heterocycles. The smallest absolute Gasteiger partial charge is 0.116 e. The largest absolute Gasteiger partial charge is 0.509 e. The molecule has 0 fully saturated rings. The fraction of sp³-hybridized carbons (Fsp3) is 0.125. The molecule has 1 aromatic carbocycles. The number of aromatic hydroxyl groups is 1. The summed E-state index contributed by atoms with van der Waals surface area (Å²) >= 11 is 0. The number of hydrogen-bond donors (Lipinski definition) is 3. The van der Waals surface area contributed by atoms with Gasteiger partial charge < -0.3 is 15.3 Å². The van der Waals surface area contributed by atoms with Gasteiger partial charge in [-0.25, -0.2) is 0 Å². The van der Waals surface area contributed by atoms with Crippen molar-refractivity contribution < 1.29 is 15.3 Å². The van der Waals surface area contributed by atoms with E-state index in [1.165, 1.54) is 6.07 Å². The van der Waals surface area contributed by atoms with Crippen LogP contribution >= 0.6 is 0 Å². The maximum Gasteiger partial charge on any atom is 0.116 e. The summed E-state index contributed by atoms with van der Waals surface area (Å²) in [6, 6.07) is 4.69. The summed E-state index contributed by atoms with van der Waals surface area (Å²) in [6.07, 6.45) is 8.65. The second-order valence-corrected chi connectivity index (χ2v) is 4.09. The van der Waals surface area contributed by atoms with Crippen molar-refractivity contribution in [2.75, 3.05) is 0 Å². The topological polar surface area (TPSA) is 60.7 Å². The quantitative estimate of drug-likeness (QED) is 0.404. The van der Waals surface area contributed by atoms with Crippen LogP contribution in [0.25, 0.3) is 11.8 Å². The summed E-state index contributed by atoms with van der Waals surface area (Å²) in [5, 5.41) is 27.7. The van der Waals surface area contributed by atoms with Gasteiger partial charge in [-0.3, -0.25) is 0 Å². The lowest BCUT2D eigenvalue weighted by molar-refractivity contribution is 0.435. The second-order valence-electron chi connectivity index (χ2n) is 4.09. The van der Waals surface area contributed by atoms with Crippen LogP contribution in [0.4, 0.5) is 0 Å². The van der Waals surface area contributed by atoms with Gasteiger partial charge in [0.1, 0.15) is 17.3 Å². The maximum absolute atomic E-state index is 9.44. The van der Waals surface area contributed by atoms with Crippen molar-refractivity contribution in [2.24, 2.45) is 0 Å². The molecule has 1 rings (SSSR count). The van der Waals surface area contributed by atoms with E-state index in [0.29, 0.717) is 11.1 Å². The van der Waals surface area contributed by atoms with Crippen molar-refractivity contribution in [3.05, 3.63) is 66.5 Å². The molecule has 0 atom stereocenters. The summed E-state index contributed by atoms with van der Waals surface area (Å²) in [6.45, 7) is 6.83. The lowest BCUT2D eigenvalue weighted by atomic mass is 10.0. The molecule has 0 saturated heterocycles. The van der Waals surface area contributed by atoms with Gasteiger partial charge in [-0.2, -0.15) is 0 Å². The Labute approximate surface area is 113 Å². The summed E-state index contributed by atoms with van der Waals surface area (Å²) < 4.78 is 0. The van der Waals surface area contributed by atoms with Gasteiger partial charge in [-0.15, -0.1) is 0 Å². The van der Waals surface area contributed by atoms with Crippen molar-refractivity contribution in [2.45, 2.75) is 12.8 Å². The zero-order valence-corrected chi connectivity index (χ0v) is 10.7. The SMILES string of the molecule is C=C(O)/C=C\CC/C=C\c1cc(O)ccc1C(=C)O. The Morgan fingerprint density at radius 2 is 1.79 bits per heavy atom. The zero-order valence-electron chi connectivity index (χ0n) is 10.7. The fourth-order valence-corrected chi connectivity index (χ4v) is 1.57. The molecule has 0 heterocycles. The van der Waals surface area contributed by atoms with Gasteiger partial charge >= 0.3 is 0 Å². The van der Waals surface area contributed by atoms with Crippen LogP contribution in [-0.2, 0) is 0 Å². The number of phenols is 1. The van der Waals surface area contributed by atoms with Gasteiger partial charge in [-0.1, -0.05) is 31.4 Å². The highest BCUT2D eigenvalue weighted by Crippen LogP contribution is 2.22. The molecule has 0 saturated carbocycles. The molecule has 3 N–H and O–H groups in total. The molecule has 0 unspecified atom stereocenters.